The van der Waals surface area contributed by atoms with Crippen molar-refractivity contribution in [3.63, 3.8) is 0 Å². The van der Waals surface area contributed by atoms with Crippen LogP contribution < -0.4 is 0 Å². The van der Waals surface area contributed by atoms with Crippen molar-refractivity contribution in [2.24, 2.45) is 0 Å². The molecule has 0 aliphatic heterocycles. The van der Waals surface area contributed by atoms with Crippen molar-refractivity contribution in [1.82, 2.24) is 4.98 Å². The maximum Gasteiger partial charge on any atom is 0.434 e. The number of rotatable bonds is 0. The van der Waals surface area contributed by atoms with E-state index >= 15 is 0 Å². The van der Waals surface area contributed by atoms with Crippen LogP contribution in [-0.2, 0) is 6.18 Å². The highest BCUT2D eigenvalue weighted by Gasteiger charge is 2.37. The number of aromatic nitrogens is 1. The number of alkyl halides is 3. The lowest BCUT2D eigenvalue weighted by Gasteiger charge is -2.11. The number of nitrogens with zero attached hydrogens (tertiary/aromatic N) is 2. The molecule has 0 aliphatic carbocycles. The Bertz CT molecular complexity index is 449. The molecule has 2 nitrogen and oxygen atoms in total. The first-order valence-electron chi connectivity index (χ1n) is 3.62. The van der Waals surface area contributed by atoms with Gasteiger partial charge in [-0.05, 0) is 12.5 Å². The van der Waals surface area contributed by atoms with E-state index in [1.54, 1.807) is 6.07 Å². The molecule has 0 aliphatic rings. The third-order valence-electron chi connectivity index (χ3n) is 1.71. The quantitative estimate of drug-likeness (QED) is 0.664. The SMILES string of the molecule is Cc1c(Cl)c(C(F)(F)F)nc(Cl)c1C#N. The summed E-state index contributed by atoms with van der Waals surface area (Å²) in [6.45, 7) is 1.28. The Balaban J connectivity index is 3.57. The Morgan fingerprint density at radius 1 is 1.33 bits per heavy atom. The second-order valence-corrected chi connectivity index (χ2v) is 3.41. The van der Waals surface area contributed by atoms with E-state index in [9.17, 15) is 13.2 Å². The van der Waals surface area contributed by atoms with Gasteiger partial charge in [0.25, 0.3) is 0 Å². The van der Waals surface area contributed by atoms with Gasteiger partial charge < -0.3 is 0 Å². The van der Waals surface area contributed by atoms with Gasteiger partial charge >= 0.3 is 6.18 Å². The zero-order valence-electron chi connectivity index (χ0n) is 7.28. The second kappa shape index (κ2) is 3.87. The molecule has 0 atom stereocenters. The van der Waals surface area contributed by atoms with E-state index in [-0.39, 0.29) is 11.1 Å². The van der Waals surface area contributed by atoms with Crippen LogP contribution in [0.4, 0.5) is 13.2 Å². The third-order valence-corrected chi connectivity index (χ3v) is 2.44. The van der Waals surface area contributed by atoms with Crippen LogP contribution in [0.25, 0.3) is 0 Å². The van der Waals surface area contributed by atoms with E-state index in [1.807, 2.05) is 0 Å². The van der Waals surface area contributed by atoms with Gasteiger partial charge in [0.15, 0.2) is 5.69 Å². The van der Waals surface area contributed by atoms with Crippen molar-refractivity contribution in [3.05, 3.63) is 27.0 Å². The normalized spacial score (nSPS) is 11.3. The molecular weight excluding hydrogens is 252 g/mol. The molecule has 1 aromatic heterocycles. The van der Waals surface area contributed by atoms with E-state index < -0.39 is 22.0 Å². The summed E-state index contributed by atoms with van der Waals surface area (Å²) in [5.74, 6) is 0. The standard InChI is InChI=1S/C8H3Cl2F3N2/c1-3-4(2-14)7(10)15-6(5(3)9)8(11,12)13/h1H3. The van der Waals surface area contributed by atoms with Gasteiger partial charge in [-0.15, -0.1) is 0 Å². The zero-order chi connectivity index (χ0) is 11.8. The Labute approximate surface area is 93.2 Å². The van der Waals surface area contributed by atoms with Crippen molar-refractivity contribution in [3.8, 4) is 6.07 Å². The highest BCUT2D eigenvalue weighted by molar-refractivity contribution is 6.34. The molecule has 1 heterocycles. The Hall–Kier alpha value is -0.990. The molecule has 1 aromatic rings. The minimum absolute atomic E-state index is 0.0218. The van der Waals surface area contributed by atoms with Crippen molar-refractivity contribution in [2.45, 2.75) is 13.1 Å². The topological polar surface area (TPSA) is 36.7 Å². The summed E-state index contributed by atoms with van der Waals surface area (Å²) in [7, 11) is 0. The van der Waals surface area contributed by atoms with E-state index in [1.165, 1.54) is 6.92 Å². The first-order chi connectivity index (χ1) is 6.79. The van der Waals surface area contributed by atoms with Crippen LogP contribution in [0.1, 0.15) is 16.8 Å². The molecule has 80 valence electrons. The average molecular weight is 255 g/mol. The van der Waals surface area contributed by atoms with E-state index in [2.05, 4.69) is 4.98 Å². The monoisotopic (exact) mass is 254 g/mol. The highest BCUT2D eigenvalue weighted by atomic mass is 35.5. The van der Waals surface area contributed by atoms with Gasteiger partial charge in [-0.1, -0.05) is 23.2 Å². The minimum atomic E-state index is -4.68. The maximum absolute atomic E-state index is 12.4. The first kappa shape index (κ1) is 12.1. The summed E-state index contributed by atoms with van der Waals surface area (Å²) >= 11 is 10.9. The van der Waals surface area contributed by atoms with Crippen molar-refractivity contribution < 1.29 is 13.2 Å². The molecule has 0 bridgehead atoms. The molecule has 0 fully saturated rings. The molecule has 0 saturated heterocycles. The molecule has 1 rings (SSSR count). The third kappa shape index (κ3) is 2.16. The molecule has 7 heteroatoms. The summed E-state index contributed by atoms with van der Waals surface area (Å²) < 4.78 is 37.1. The van der Waals surface area contributed by atoms with Crippen LogP contribution in [-0.4, -0.2) is 4.98 Å². The summed E-state index contributed by atoms with van der Waals surface area (Å²) in [6, 6.07) is 1.64. The number of pyridine rings is 1. The van der Waals surface area contributed by atoms with Crippen LogP contribution >= 0.6 is 23.2 Å². The van der Waals surface area contributed by atoms with Gasteiger partial charge in [-0.2, -0.15) is 18.4 Å². The van der Waals surface area contributed by atoms with Crippen LogP contribution in [0.3, 0.4) is 0 Å². The van der Waals surface area contributed by atoms with E-state index in [0.29, 0.717) is 0 Å². The smallest absolute Gasteiger partial charge is 0.229 e. The van der Waals surface area contributed by atoms with Crippen molar-refractivity contribution in [1.29, 1.82) is 5.26 Å². The van der Waals surface area contributed by atoms with Crippen LogP contribution in [0.2, 0.25) is 10.2 Å². The van der Waals surface area contributed by atoms with E-state index in [4.69, 9.17) is 28.5 Å². The first-order valence-corrected chi connectivity index (χ1v) is 4.37. The largest absolute Gasteiger partial charge is 0.434 e. The molecule has 0 radical (unpaired) electrons. The van der Waals surface area contributed by atoms with Crippen LogP contribution in [0.5, 0.6) is 0 Å². The fourth-order valence-corrected chi connectivity index (χ4v) is 1.48. The zero-order valence-corrected chi connectivity index (χ0v) is 8.80. The van der Waals surface area contributed by atoms with Gasteiger partial charge in [0.05, 0.1) is 10.6 Å². The molecule has 0 saturated carbocycles. The van der Waals surface area contributed by atoms with Gasteiger partial charge in [0.1, 0.15) is 11.2 Å². The summed E-state index contributed by atoms with van der Waals surface area (Å²) in [6.07, 6.45) is -4.68. The summed E-state index contributed by atoms with van der Waals surface area (Å²) in [4.78, 5) is 3.06. The Morgan fingerprint density at radius 3 is 2.27 bits per heavy atom. The van der Waals surface area contributed by atoms with Crippen LogP contribution in [0, 0.1) is 18.3 Å². The molecule has 0 N–H and O–H groups in total. The predicted octanol–water partition coefficient (Wildman–Crippen LogP) is 3.59. The molecule has 0 unspecified atom stereocenters. The molecule has 0 amide bonds. The highest BCUT2D eigenvalue weighted by Crippen LogP contribution is 2.37. The molecular formula is C8H3Cl2F3N2. The number of hydrogen-bond donors (Lipinski definition) is 0. The van der Waals surface area contributed by atoms with Gasteiger partial charge in [0.2, 0.25) is 0 Å². The lowest BCUT2D eigenvalue weighted by atomic mass is 10.1. The molecule has 0 aromatic carbocycles. The van der Waals surface area contributed by atoms with Crippen molar-refractivity contribution in [2.75, 3.05) is 0 Å². The summed E-state index contributed by atoms with van der Waals surface area (Å²) in [5, 5.41) is 7.52. The average Bonchev–Trinajstić information content (AvgIpc) is 2.10. The summed E-state index contributed by atoms with van der Waals surface area (Å²) in [5.41, 5.74) is -1.44. The van der Waals surface area contributed by atoms with Gasteiger partial charge in [0, 0.05) is 0 Å². The number of nitriles is 1. The number of halogens is 5. The lowest BCUT2D eigenvalue weighted by molar-refractivity contribution is -0.141. The van der Waals surface area contributed by atoms with Crippen molar-refractivity contribution >= 4 is 23.2 Å². The molecule has 0 spiro atoms. The fourth-order valence-electron chi connectivity index (χ4n) is 0.963. The van der Waals surface area contributed by atoms with E-state index in [0.717, 1.165) is 0 Å². The Morgan fingerprint density at radius 2 is 1.87 bits per heavy atom. The van der Waals surface area contributed by atoms with Gasteiger partial charge in [-0.25, -0.2) is 4.98 Å². The van der Waals surface area contributed by atoms with Crippen LogP contribution in [0.15, 0.2) is 0 Å². The maximum atomic E-state index is 12.4. The predicted molar refractivity (Wildman–Crippen MR) is 48.7 cm³/mol. The minimum Gasteiger partial charge on any atom is -0.229 e. The number of hydrogen-bond acceptors (Lipinski definition) is 2. The van der Waals surface area contributed by atoms with Gasteiger partial charge in [-0.3, -0.25) is 0 Å². The lowest BCUT2D eigenvalue weighted by Crippen LogP contribution is -2.11. The fraction of sp³-hybridized carbons (Fsp3) is 0.250. The molecule has 15 heavy (non-hydrogen) atoms. The second-order valence-electron chi connectivity index (χ2n) is 2.67. The Kier molecular flexibility index (Phi) is 3.12.